The molecule has 0 saturated heterocycles. The minimum Gasteiger partial charge on any atom is -0.382 e. The zero-order chi connectivity index (χ0) is 22.8. The number of halogens is 5. The number of hydrogen-bond donors (Lipinski definition) is 3. The SMILES string of the molecule is Nc1ncnc(C(=O)NCc2ncc(C(=O)Nc3ccc(Cl)c(C(F)(F)F)c3)s2)c1Cl. The maximum absolute atomic E-state index is 12.9. The van der Waals surface area contributed by atoms with E-state index in [1.54, 1.807) is 0 Å². The first-order valence-electron chi connectivity index (χ1n) is 8.23. The van der Waals surface area contributed by atoms with Gasteiger partial charge in [-0.3, -0.25) is 9.59 Å². The summed E-state index contributed by atoms with van der Waals surface area (Å²) < 4.78 is 38.8. The first-order chi connectivity index (χ1) is 14.6. The fraction of sp³-hybridized carbons (Fsp3) is 0.118. The highest BCUT2D eigenvalue weighted by atomic mass is 35.5. The first-order valence-corrected chi connectivity index (χ1v) is 9.80. The Bertz CT molecular complexity index is 1160. The molecule has 0 aliphatic rings. The van der Waals surface area contributed by atoms with E-state index < -0.39 is 28.6 Å². The van der Waals surface area contributed by atoms with Crippen molar-refractivity contribution in [2.45, 2.75) is 12.7 Å². The van der Waals surface area contributed by atoms with Crippen molar-refractivity contribution >= 4 is 57.9 Å². The highest BCUT2D eigenvalue weighted by molar-refractivity contribution is 7.13. The maximum Gasteiger partial charge on any atom is 0.417 e. The summed E-state index contributed by atoms with van der Waals surface area (Å²) in [5.74, 6) is -1.34. The standard InChI is InChI=1S/C17H11Cl2F3N6O2S/c18-9-2-1-7(3-8(9)17(20,21)22)28-15(29)10-4-24-11(31-10)5-25-16(30)13-12(19)14(23)27-6-26-13/h1-4,6H,5H2,(H,25,30)(H,28,29)(H2,23,26,27). The Balaban J connectivity index is 1.65. The van der Waals surface area contributed by atoms with Gasteiger partial charge in [-0.05, 0) is 18.2 Å². The van der Waals surface area contributed by atoms with Gasteiger partial charge in [-0.2, -0.15) is 13.2 Å². The van der Waals surface area contributed by atoms with Crippen LogP contribution in [0.3, 0.4) is 0 Å². The monoisotopic (exact) mass is 490 g/mol. The molecule has 3 rings (SSSR count). The number of amides is 2. The summed E-state index contributed by atoms with van der Waals surface area (Å²) >= 11 is 12.4. The average Bonchev–Trinajstić information content (AvgIpc) is 3.18. The summed E-state index contributed by atoms with van der Waals surface area (Å²) in [6.07, 6.45) is -2.34. The van der Waals surface area contributed by atoms with Crippen LogP contribution in [0.5, 0.6) is 0 Å². The van der Waals surface area contributed by atoms with Crippen molar-refractivity contribution in [1.29, 1.82) is 0 Å². The molecule has 2 amide bonds. The van der Waals surface area contributed by atoms with E-state index in [0.29, 0.717) is 5.01 Å². The molecular weight excluding hydrogens is 480 g/mol. The van der Waals surface area contributed by atoms with Gasteiger partial charge in [-0.1, -0.05) is 23.2 Å². The Kier molecular flexibility index (Phi) is 6.62. The molecule has 1 aromatic carbocycles. The fourth-order valence-corrected chi connectivity index (χ4v) is 3.45. The number of nitrogens with two attached hydrogens (primary N) is 1. The molecule has 2 aromatic heterocycles. The van der Waals surface area contributed by atoms with Crippen LogP contribution in [0.2, 0.25) is 10.0 Å². The summed E-state index contributed by atoms with van der Waals surface area (Å²) in [5, 5.41) is 4.66. The predicted molar refractivity (Wildman–Crippen MR) is 109 cm³/mol. The van der Waals surface area contributed by atoms with E-state index in [-0.39, 0.29) is 33.6 Å². The van der Waals surface area contributed by atoms with Gasteiger partial charge >= 0.3 is 6.18 Å². The number of alkyl halides is 3. The van der Waals surface area contributed by atoms with Gasteiger partial charge in [-0.25, -0.2) is 15.0 Å². The highest BCUT2D eigenvalue weighted by Gasteiger charge is 2.33. The fourth-order valence-electron chi connectivity index (χ4n) is 2.29. The lowest BCUT2D eigenvalue weighted by molar-refractivity contribution is -0.137. The van der Waals surface area contributed by atoms with Gasteiger partial charge < -0.3 is 16.4 Å². The van der Waals surface area contributed by atoms with Crippen LogP contribution in [0.15, 0.2) is 30.7 Å². The minimum atomic E-state index is -4.66. The molecule has 0 aliphatic heterocycles. The molecular formula is C17H11Cl2F3N6O2S. The van der Waals surface area contributed by atoms with Crippen molar-refractivity contribution in [1.82, 2.24) is 20.3 Å². The number of hydrogen-bond acceptors (Lipinski definition) is 7. The van der Waals surface area contributed by atoms with Crippen LogP contribution >= 0.6 is 34.5 Å². The van der Waals surface area contributed by atoms with Gasteiger partial charge in [0.1, 0.15) is 27.1 Å². The smallest absolute Gasteiger partial charge is 0.382 e. The van der Waals surface area contributed by atoms with Crippen molar-refractivity contribution in [2.75, 3.05) is 11.1 Å². The quantitative estimate of drug-likeness (QED) is 0.496. The zero-order valence-electron chi connectivity index (χ0n) is 15.1. The van der Waals surface area contributed by atoms with Crippen LogP contribution in [0.4, 0.5) is 24.7 Å². The van der Waals surface area contributed by atoms with Crippen LogP contribution < -0.4 is 16.4 Å². The van der Waals surface area contributed by atoms with E-state index in [1.165, 1.54) is 12.3 Å². The third kappa shape index (κ3) is 5.40. The topological polar surface area (TPSA) is 123 Å². The van der Waals surface area contributed by atoms with Crippen LogP contribution in [0, 0.1) is 0 Å². The third-order valence-electron chi connectivity index (χ3n) is 3.74. The van der Waals surface area contributed by atoms with Crippen molar-refractivity contribution in [3.05, 3.63) is 61.9 Å². The second-order valence-electron chi connectivity index (χ2n) is 5.87. The Labute approximate surface area is 186 Å². The van der Waals surface area contributed by atoms with Crippen molar-refractivity contribution in [2.24, 2.45) is 0 Å². The molecule has 0 saturated carbocycles. The van der Waals surface area contributed by atoms with Gasteiger partial charge in [0.25, 0.3) is 11.8 Å². The third-order valence-corrected chi connectivity index (χ3v) is 5.44. The van der Waals surface area contributed by atoms with E-state index in [2.05, 4.69) is 25.6 Å². The number of carbonyl (C=O) groups excluding carboxylic acids is 2. The number of carbonyl (C=O) groups is 2. The molecule has 162 valence electrons. The van der Waals surface area contributed by atoms with E-state index in [0.717, 1.165) is 29.8 Å². The molecule has 8 nitrogen and oxygen atoms in total. The second-order valence-corrected chi connectivity index (χ2v) is 7.77. The van der Waals surface area contributed by atoms with Crippen LogP contribution in [0.25, 0.3) is 0 Å². The molecule has 2 heterocycles. The lowest BCUT2D eigenvalue weighted by Crippen LogP contribution is -2.24. The van der Waals surface area contributed by atoms with Crippen LogP contribution in [-0.2, 0) is 12.7 Å². The van der Waals surface area contributed by atoms with E-state index in [1.807, 2.05) is 0 Å². The molecule has 0 fully saturated rings. The predicted octanol–water partition coefficient (Wildman–Crippen LogP) is 4.02. The number of aromatic nitrogens is 3. The summed E-state index contributed by atoms with van der Waals surface area (Å²) in [4.78, 5) is 36.0. The second kappa shape index (κ2) is 9.04. The van der Waals surface area contributed by atoms with Crippen LogP contribution in [-0.4, -0.2) is 26.8 Å². The van der Waals surface area contributed by atoms with Crippen LogP contribution in [0.1, 0.15) is 30.7 Å². The molecule has 4 N–H and O–H groups in total. The average molecular weight is 491 g/mol. The number of anilines is 2. The number of thiazole rings is 1. The lowest BCUT2D eigenvalue weighted by Gasteiger charge is -2.11. The number of nitrogens with one attached hydrogen (secondary N) is 2. The van der Waals surface area contributed by atoms with E-state index >= 15 is 0 Å². The Morgan fingerprint density at radius 2 is 1.87 bits per heavy atom. The van der Waals surface area contributed by atoms with Gasteiger partial charge in [0, 0.05) is 5.69 Å². The molecule has 3 aromatic rings. The lowest BCUT2D eigenvalue weighted by atomic mass is 10.2. The number of rotatable bonds is 5. The molecule has 0 aliphatic carbocycles. The summed E-state index contributed by atoms with van der Waals surface area (Å²) in [5.41, 5.74) is 4.25. The van der Waals surface area contributed by atoms with Gasteiger partial charge in [0.15, 0.2) is 5.69 Å². The molecule has 31 heavy (non-hydrogen) atoms. The molecule has 0 radical (unpaired) electrons. The van der Waals surface area contributed by atoms with E-state index in [9.17, 15) is 22.8 Å². The Morgan fingerprint density at radius 3 is 2.58 bits per heavy atom. The van der Waals surface area contributed by atoms with Gasteiger partial charge in [0.2, 0.25) is 0 Å². The zero-order valence-corrected chi connectivity index (χ0v) is 17.5. The summed E-state index contributed by atoms with van der Waals surface area (Å²) in [6.45, 7) is -0.0455. The Hall–Kier alpha value is -2.96. The van der Waals surface area contributed by atoms with Gasteiger partial charge in [-0.15, -0.1) is 11.3 Å². The van der Waals surface area contributed by atoms with Crippen molar-refractivity contribution < 1.29 is 22.8 Å². The molecule has 0 atom stereocenters. The molecule has 14 heteroatoms. The van der Waals surface area contributed by atoms with E-state index in [4.69, 9.17) is 28.9 Å². The molecule has 0 bridgehead atoms. The summed E-state index contributed by atoms with van der Waals surface area (Å²) in [7, 11) is 0. The highest BCUT2D eigenvalue weighted by Crippen LogP contribution is 2.36. The maximum atomic E-state index is 12.9. The van der Waals surface area contributed by atoms with Gasteiger partial charge in [0.05, 0.1) is 23.3 Å². The number of nitrogens with zero attached hydrogens (tertiary/aromatic N) is 3. The largest absolute Gasteiger partial charge is 0.417 e. The minimum absolute atomic E-state index is 0.0455. The molecule has 0 unspecified atom stereocenters. The summed E-state index contributed by atoms with van der Waals surface area (Å²) in [6, 6.07) is 3.02. The molecule has 0 spiro atoms. The first kappa shape index (κ1) is 22.7. The normalized spacial score (nSPS) is 11.3. The van der Waals surface area contributed by atoms with Crippen molar-refractivity contribution in [3.8, 4) is 0 Å². The number of nitrogen functional groups attached to an aromatic ring is 1. The Morgan fingerprint density at radius 1 is 1.13 bits per heavy atom. The van der Waals surface area contributed by atoms with Crippen molar-refractivity contribution in [3.63, 3.8) is 0 Å². The number of benzene rings is 1.